The van der Waals surface area contributed by atoms with Crippen molar-refractivity contribution < 1.29 is 0 Å². The Morgan fingerprint density at radius 2 is 1.95 bits per heavy atom. The van der Waals surface area contributed by atoms with Crippen LogP contribution in [0.5, 0.6) is 0 Å². The fourth-order valence-electron chi connectivity index (χ4n) is 3.17. The molecule has 0 spiro atoms. The van der Waals surface area contributed by atoms with Crippen LogP contribution < -0.4 is 5.32 Å². The van der Waals surface area contributed by atoms with Gasteiger partial charge in [0.2, 0.25) is 0 Å². The minimum Gasteiger partial charge on any atom is -0.381 e. The van der Waals surface area contributed by atoms with E-state index >= 15 is 0 Å². The monoisotopic (exact) mass is 310 g/mol. The second-order valence-electron chi connectivity index (χ2n) is 6.27. The van der Waals surface area contributed by atoms with Crippen LogP contribution in [0.3, 0.4) is 0 Å². The van der Waals surface area contributed by atoms with Crippen LogP contribution in [0.1, 0.15) is 19.8 Å². The van der Waals surface area contributed by atoms with E-state index in [9.17, 15) is 0 Å². The van der Waals surface area contributed by atoms with E-state index in [4.69, 9.17) is 11.6 Å². The van der Waals surface area contributed by atoms with Gasteiger partial charge >= 0.3 is 0 Å². The maximum Gasteiger partial charge on any atom is 0.0485 e. The van der Waals surface area contributed by atoms with Crippen LogP contribution in [0.2, 0.25) is 5.02 Å². The number of fused-ring (bicyclic) bond motifs is 1. The lowest BCUT2D eigenvalue weighted by Crippen LogP contribution is -2.36. The fraction of sp³-hybridized carbons (Fsp3) is 0.263. The highest BCUT2D eigenvalue weighted by Crippen LogP contribution is 2.35. The molecule has 1 unspecified atom stereocenters. The summed E-state index contributed by atoms with van der Waals surface area (Å²) >= 11 is 6.09. The number of hydrogen-bond donors (Lipinski definition) is 2. The van der Waals surface area contributed by atoms with Gasteiger partial charge in [0, 0.05) is 38.9 Å². The molecule has 0 amide bonds. The van der Waals surface area contributed by atoms with Crippen LogP contribution in [0.15, 0.2) is 48.5 Å². The first-order valence-corrected chi connectivity index (χ1v) is 8.23. The number of rotatable bonds is 3. The lowest BCUT2D eigenvalue weighted by molar-refractivity contribution is 0.303. The summed E-state index contributed by atoms with van der Waals surface area (Å²) in [6, 6.07) is 17.2. The Morgan fingerprint density at radius 3 is 2.73 bits per heavy atom. The summed E-state index contributed by atoms with van der Waals surface area (Å²) in [7, 11) is 0. The second-order valence-corrected chi connectivity index (χ2v) is 6.70. The van der Waals surface area contributed by atoms with E-state index in [-0.39, 0.29) is 0 Å². The Hall–Kier alpha value is -1.93. The third-order valence-electron chi connectivity index (χ3n) is 4.76. The first kappa shape index (κ1) is 13.7. The zero-order chi connectivity index (χ0) is 15.1. The highest BCUT2D eigenvalue weighted by molar-refractivity contribution is 6.31. The molecule has 0 saturated heterocycles. The summed E-state index contributed by atoms with van der Waals surface area (Å²) in [6.07, 6.45) is 2.59. The molecule has 0 aliphatic heterocycles. The molecule has 1 fully saturated rings. The summed E-state index contributed by atoms with van der Waals surface area (Å²) in [5.41, 5.74) is 4.67. The molecule has 1 aromatic heterocycles. The Bertz CT molecular complexity index is 821. The summed E-state index contributed by atoms with van der Waals surface area (Å²) in [6.45, 7) is 2.31. The topological polar surface area (TPSA) is 27.8 Å². The third-order valence-corrected chi connectivity index (χ3v) is 5.00. The third kappa shape index (κ3) is 2.38. The zero-order valence-corrected chi connectivity index (χ0v) is 13.3. The maximum atomic E-state index is 6.09. The Morgan fingerprint density at radius 1 is 1.09 bits per heavy atom. The van der Waals surface area contributed by atoms with Gasteiger partial charge in [-0.05, 0) is 49.1 Å². The molecule has 1 heterocycles. The molecule has 2 atom stereocenters. The van der Waals surface area contributed by atoms with Crippen LogP contribution >= 0.6 is 11.6 Å². The molecular formula is C19H19ClN2. The molecule has 2 N–H and O–H groups in total. The molecule has 22 heavy (non-hydrogen) atoms. The van der Waals surface area contributed by atoms with Crippen LogP contribution in [0.4, 0.5) is 5.69 Å². The molecule has 1 aliphatic rings. The van der Waals surface area contributed by atoms with Crippen LogP contribution in [-0.2, 0) is 0 Å². The average Bonchev–Trinajstić information content (AvgIpc) is 2.94. The summed E-state index contributed by atoms with van der Waals surface area (Å²) in [5, 5.41) is 5.62. The van der Waals surface area contributed by atoms with Crippen molar-refractivity contribution in [1.82, 2.24) is 4.98 Å². The largest absolute Gasteiger partial charge is 0.381 e. The lowest BCUT2D eigenvalue weighted by atomic mass is 9.81. The SMILES string of the molecule is C[C@@H]1CCC1Nc1ccccc1-c1cc2cc(Cl)ccc2[nH]1. The Labute approximate surface area is 135 Å². The number of benzene rings is 2. The van der Waals surface area contributed by atoms with Crippen molar-refractivity contribution in [3.63, 3.8) is 0 Å². The Balaban J connectivity index is 1.74. The number of hydrogen-bond acceptors (Lipinski definition) is 1. The lowest BCUT2D eigenvalue weighted by Gasteiger charge is -2.35. The number of aromatic nitrogens is 1. The van der Waals surface area contributed by atoms with Gasteiger partial charge in [-0.25, -0.2) is 0 Å². The molecule has 112 valence electrons. The summed E-state index contributed by atoms with van der Waals surface area (Å²) in [4.78, 5) is 3.50. The van der Waals surface area contributed by atoms with Gasteiger partial charge in [-0.2, -0.15) is 0 Å². The van der Waals surface area contributed by atoms with Gasteiger partial charge in [0.15, 0.2) is 0 Å². The van der Waals surface area contributed by atoms with Gasteiger partial charge in [-0.15, -0.1) is 0 Å². The van der Waals surface area contributed by atoms with Crippen molar-refractivity contribution >= 4 is 28.2 Å². The summed E-state index contributed by atoms with van der Waals surface area (Å²) < 4.78 is 0. The van der Waals surface area contributed by atoms with E-state index in [2.05, 4.69) is 47.6 Å². The van der Waals surface area contributed by atoms with Crippen LogP contribution in [0.25, 0.3) is 22.2 Å². The number of para-hydroxylation sites is 1. The van der Waals surface area contributed by atoms with E-state index < -0.39 is 0 Å². The minimum atomic E-state index is 0.597. The van der Waals surface area contributed by atoms with Crippen molar-refractivity contribution in [1.29, 1.82) is 0 Å². The smallest absolute Gasteiger partial charge is 0.0485 e. The van der Waals surface area contributed by atoms with Crippen molar-refractivity contribution in [2.75, 3.05) is 5.32 Å². The number of aromatic amines is 1. The van der Waals surface area contributed by atoms with Gasteiger partial charge in [0.05, 0.1) is 0 Å². The number of halogens is 1. The predicted octanol–water partition coefficient (Wildman–Crippen LogP) is 5.70. The molecule has 0 radical (unpaired) electrons. The molecule has 1 aliphatic carbocycles. The first-order valence-electron chi connectivity index (χ1n) is 7.85. The van der Waals surface area contributed by atoms with Gasteiger partial charge in [0.1, 0.15) is 0 Å². The molecule has 1 saturated carbocycles. The predicted molar refractivity (Wildman–Crippen MR) is 94.6 cm³/mol. The molecule has 3 aromatic rings. The number of H-pyrrole nitrogens is 1. The quantitative estimate of drug-likeness (QED) is 0.638. The maximum absolute atomic E-state index is 6.09. The minimum absolute atomic E-state index is 0.597. The molecule has 2 nitrogen and oxygen atoms in total. The number of anilines is 1. The van der Waals surface area contributed by atoms with Crippen molar-refractivity contribution in [3.05, 3.63) is 53.6 Å². The first-order chi connectivity index (χ1) is 10.7. The van der Waals surface area contributed by atoms with E-state index in [1.54, 1.807) is 0 Å². The average molecular weight is 311 g/mol. The number of nitrogens with one attached hydrogen (secondary N) is 2. The van der Waals surface area contributed by atoms with E-state index in [1.807, 2.05) is 18.2 Å². The van der Waals surface area contributed by atoms with Gasteiger partial charge in [0.25, 0.3) is 0 Å². The van der Waals surface area contributed by atoms with Gasteiger partial charge < -0.3 is 10.3 Å². The van der Waals surface area contributed by atoms with Gasteiger partial charge in [-0.1, -0.05) is 36.7 Å². The van der Waals surface area contributed by atoms with Crippen molar-refractivity contribution in [2.45, 2.75) is 25.8 Å². The van der Waals surface area contributed by atoms with Crippen molar-refractivity contribution in [3.8, 4) is 11.3 Å². The fourth-order valence-corrected chi connectivity index (χ4v) is 3.35. The normalized spacial score (nSPS) is 20.8. The van der Waals surface area contributed by atoms with Crippen LogP contribution in [0, 0.1) is 5.92 Å². The van der Waals surface area contributed by atoms with Crippen molar-refractivity contribution in [2.24, 2.45) is 5.92 Å². The molecule has 4 rings (SSSR count). The molecular weight excluding hydrogens is 292 g/mol. The Kier molecular flexibility index (Phi) is 3.34. The van der Waals surface area contributed by atoms with Gasteiger partial charge in [-0.3, -0.25) is 0 Å². The van der Waals surface area contributed by atoms with Crippen LogP contribution in [-0.4, -0.2) is 11.0 Å². The second kappa shape index (κ2) is 5.36. The summed E-state index contributed by atoms with van der Waals surface area (Å²) in [5.74, 6) is 0.759. The highest BCUT2D eigenvalue weighted by Gasteiger charge is 2.27. The highest BCUT2D eigenvalue weighted by atomic mass is 35.5. The standard InChI is InChI=1S/C19H19ClN2/c1-12-6-8-16(12)21-18-5-3-2-4-15(18)19-11-13-10-14(20)7-9-17(13)22-19/h2-5,7,9-12,16,21-22H,6,8H2,1H3/t12-,16?/m1/s1. The zero-order valence-electron chi connectivity index (χ0n) is 12.6. The van der Waals surface area contributed by atoms with E-state index in [0.29, 0.717) is 6.04 Å². The molecule has 0 bridgehead atoms. The van der Waals surface area contributed by atoms with E-state index in [1.165, 1.54) is 24.1 Å². The molecule has 2 aromatic carbocycles. The van der Waals surface area contributed by atoms with E-state index in [0.717, 1.165) is 27.5 Å². The molecule has 3 heteroatoms.